The summed E-state index contributed by atoms with van der Waals surface area (Å²) >= 11 is 3.77. The Morgan fingerprint density at radius 3 is 1.98 bits per heavy atom. The molecule has 0 amide bonds. The second-order valence-corrected chi connectivity index (χ2v) is 18.1. The smallest absolute Gasteiger partial charge is 0.333 e. The van der Waals surface area contributed by atoms with Crippen molar-refractivity contribution in [2.24, 2.45) is 0 Å². The van der Waals surface area contributed by atoms with E-state index in [4.69, 9.17) is 4.42 Å². The Morgan fingerprint density at radius 2 is 1.12 bits per heavy atom. The van der Waals surface area contributed by atoms with E-state index in [1.54, 1.807) is 0 Å². The van der Waals surface area contributed by atoms with Crippen molar-refractivity contribution < 1.29 is 4.42 Å². The fourth-order valence-corrected chi connectivity index (χ4v) is 13.0. The molecule has 0 saturated carbocycles. The maximum absolute atomic E-state index is 7.02. The summed E-state index contributed by atoms with van der Waals surface area (Å²) in [6.07, 6.45) is 0. The Hall–Kier alpha value is -6.86. The van der Waals surface area contributed by atoms with Crippen LogP contribution in [-0.4, -0.2) is 11.3 Å². The van der Waals surface area contributed by atoms with Gasteiger partial charge in [0.25, 0.3) is 0 Å². The van der Waals surface area contributed by atoms with Crippen molar-refractivity contribution in [2.75, 3.05) is 4.90 Å². The lowest BCUT2D eigenvalue weighted by Crippen LogP contribution is -2.56. The zero-order valence-corrected chi connectivity index (χ0v) is 32.4. The highest BCUT2D eigenvalue weighted by Gasteiger charge is 2.45. The topological polar surface area (TPSA) is 21.3 Å². The molecule has 0 bridgehead atoms. The number of thiophene rings is 2. The van der Waals surface area contributed by atoms with E-state index in [1.807, 2.05) is 22.7 Å². The first kappa shape index (κ1) is 30.3. The molecule has 0 aliphatic carbocycles. The number of nitrogens with zero attached hydrogens (tertiary/aromatic N) is 2. The average Bonchev–Trinajstić information content (AvgIpc) is 4.03. The molecule has 0 spiro atoms. The second kappa shape index (κ2) is 10.5. The number of hydrogen-bond acceptors (Lipinski definition) is 4. The number of fused-ring (bicyclic) bond motifs is 19. The maximum atomic E-state index is 7.02. The van der Waals surface area contributed by atoms with Gasteiger partial charge in [0.1, 0.15) is 11.2 Å². The summed E-state index contributed by atoms with van der Waals surface area (Å²) < 4.78 is 15.0. The molecule has 6 heteroatoms. The highest BCUT2D eigenvalue weighted by atomic mass is 32.1. The summed E-state index contributed by atoms with van der Waals surface area (Å²) in [5, 5.41) is 12.6. The van der Waals surface area contributed by atoms with Crippen molar-refractivity contribution in [3.05, 3.63) is 164 Å². The van der Waals surface area contributed by atoms with Crippen LogP contribution in [0.2, 0.25) is 0 Å². The van der Waals surface area contributed by atoms with E-state index in [0.717, 1.165) is 27.6 Å². The molecule has 15 rings (SSSR count). The number of anilines is 3. The predicted octanol–water partition coefficient (Wildman–Crippen LogP) is 14.0. The molecular weight excluding hydrogens is 744 g/mol. The van der Waals surface area contributed by atoms with Crippen LogP contribution in [0, 0.1) is 0 Å². The SMILES string of the molecule is c1ccc2c(c1)ccc1c3cccc4c3n(c21)B1c2cc3sc5ccccc5c3cc2N(c2ccc3sc5ccccc5c3c2)c2cc3c(oc5ccccc53)c-4c21. The molecular formula is C52H27BN2OS2. The molecule has 2 aliphatic rings. The number of benzene rings is 9. The first-order valence-electron chi connectivity index (χ1n) is 19.9. The Kier molecular flexibility index (Phi) is 5.51. The summed E-state index contributed by atoms with van der Waals surface area (Å²) in [6.45, 7) is -0.102. The van der Waals surface area contributed by atoms with Crippen molar-refractivity contribution in [1.82, 2.24) is 4.48 Å². The monoisotopic (exact) mass is 770 g/mol. The van der Waals surface area contributed by atoms with E-state index in [9.17, 15) is 0 Å². The van der Waals surface area contributed by atoms with Gasteiger partial charge in [0.15, 0.2) is 0 Å². The van der Waals surface area contributed by atoms with Gasteiger partial charge in [-0.15, -0.1) is 22.7 Å². The third-order valence-corrected chi connectivity index (χ3v) is 15.4. The van der Waals surface area contributed by atoms with Gasteiger partial charge in [0.05, 0.1) is 0 Å². The summed E-state index contributed by atoms with van der Waals surface area (Å²) in [6, 6.07) is 61.3. The third-order valence-electron chi connectivity index (χ3n) is 13.1. The summed E-state index contributed by atoms with van der Waals surface area (Å²) in [5.74, 6) is 0. The van der Waals surface area contributed by atoms with Crippen LogP contribution in [0.3, 0.4) is 0 Å². The van der Waals surface area contributed by atoms with E-state index < -0.39 is 0 Å². The largest absolute Gasteiger partial charge is 0.455 e. The number of hydrogen-bond donors (Lipinski definition) is 0. The Morgan fingerprint density at radius 1 is 0.448 bits per heavy atom. The number of rotatable bonds is 1. The lowest BCUT2D eigenvalue weighted by atomic mass is 9.45. The lowest BCUT2D eigenvalue weighted by Gasteiger charge is -2.40. The minimum atomic E-state index is -0.102. The number of para-hydroxylation sites is 2. The van der Waals surface area contributed by atoms with Crippen LogP contribution in [0.1, 0.15) is 0 Å². The summed E-state index contributed by atoms with van der Waals surface area (Å²) in [4.78, 5) is 2.58. The van der Waals surface area contributed by atoms with E-state index in [0.29, 0.717) is 0 Å². The van der Waals surface area contributed by atoms with Gasteiger partial charge in [0.2, 0.25) is 0 Å². The highest BCUT2D eigenvalue weighted by molar-refractivity contribution is 7.26. The van der Waals surface area contributed by atoms with E-state index in [2.05, 4.69) is 173 Å². The molecule has 13 aromatic rings. The van der Waals surface area contributed by atoms with Crippen LogP contribution in [0.5, 0.6) is 0 Å². The molecule has 3 nitrogen and oxygen atoms in total. The molecule has 0 radical (unpaired) electrons. The molecule has 4 aromatic heterocycles. The molecule has 0 saturated heterocycles. The van der Waals surface area contributed by atoms with Gasteiger partial charge in [-0.3, -0.25) is 0 Å². The van der Waals surface area contributed by atoms with Gasteiger partial charge in [0, 0.05) is 106 Å². The minimum absolute atomic E-state index is 0.102. The normalized spacial score (nSPS) is 13.4. The van der Waals surface area contributed by atoms with Crippen LogP contribution in [0.4, 0.5) is 17.1 Å². The van der Waals surface area contributed by atoms with Crippen molar-refractivity contribution >= 4 is 152 Å². The van der Waals surface area contributed by atoms with Crippen molar-refractivity contribution in [2.45, 2.75) is 0 Å². The Balaban J connectivity index is 1.18. The van der Waals surface area contributed by atoms with Crippen LogP contribution in [0.15, 0.2) is 168 Å². The maximum Gasteiger partial charge on any atom is 0.333 e. The quantitative estimate of drug-likeness (QED) is 0.155. The predicted molar refractivity (Wildman–Crippen MR) is 251 cm³/mol. The lowest BCUT2D eigenvalue weighted by molar-refractivity contribution is 0.670. The Labute approximate surface area is 339 Å². The van der Waals surface area contributed by atoms with Gasteiger partial charge >= 0.3 is 6.85 Å². The molecule has 266 valence electrons. The fraction of sp³-hybridized carbons (Fsp3) is 0. The zero-order valence-electron chi connectivity index (χ0n) is 30.8. The van der Waals surface area contributed by atoms with Crippen LogP contribution < -0.4 is 15.8 Å². The van der Waals surface area contributed by atoms with E-state index >= 15 is 0 Å². The fourth-order valence-electron chi connectivity index (χ4n) is 10.8. The first-order valence-corrected chi connectivity index (χ1v) is 21.5. The summed E-state index contributed by atoms with van der Waals surface area (Å²) in [5.41, 5.74) is 13.0. The first-order chi connectivity index (χ1) is 28.8. The zero-order chi connectivity index (χ0) is 37.4. The second-order valence-electron chi connectivity index (χ2n) is 15.9. The Bertz CT molecular complexity index is 4020. The van der Waals surface area contributed by atoms with Crippen molar-refractivity contribution in [1.29, 1.82) is 0 Å². The number of aromatic nitrogens is 1. The molecule has 0 fully saturated rings. The molecule has 0 N–H and O–H groups in total. The van der Waals surface area contributed by atoms with Crippen molar-refractivity contribution in [3.63, 3.8) is 0 Å². The van der Waals surface area contributed by atoms with Gasteiger partial charge in [-0.1, -0.05) is 109 Å². The average molecular weight is 771 g/mol. The third kappa shape index (κ3) is 3.63. The standard InChI is InChI=1S/C52H27BN2OS2/c1-2-11-30-28(10-1)20-22-35-34-15-9-16-36-48-49-42(26-39-31-12-3-6-17-43(31)56-52(39)48)54(29-21-23-46-37(24-29)32-13-4-7-18-44(32)57-46)41-25-38-33-14-5-8-19-45(33)58-47(38)27-40(41)53(49)55(50(30)35)51(34)36/h1-27H. The molecule has 58 heavy (non-hydrogen) atoms. The van der Waals surface area contributed by atoms with Crippen LogP contribution >= 0.6 is 22.7 Å². The molecule has 0 atom stereocenters. The van der Waals surface area contributed by atoms with Gasteiger partial charge < -0.3 is 13.8 Å². The molecule has 0 unspecified atom stereocenters. The summed E-state index contributed by atoms with van der Waals surface area (Å²) in [7, 11) is 0. The molecule has 2 aliphatic heterocycles. The highest BCUT2D eigenvalue weighted by Crippen LogP contribution is 2.51. The van der Waals surface area contributed by atoms with Crippen molar-refractivity contribution in [3.8, 4) is 11.1 Å². The minimum Gasteiger partial charge on any atom is -0.455 e. The van der Waals surface area contributed by atoms with Gasteiger partial charge in [-0.2, -0.15) is 0 Å². The van der Waals surface area contributed by atoms with Crippen LogP contribution in [0.25, 0.3) is 106 Å². The number of furan rings is 1. The molecule has 6 heterocycles. The van der Waals surface area contributed by atoms with Gasteiger partial charge in [-0.05, 0) is 70.9 Å². The van der Waals surface area contributed by atoms with Crippen LogP contribution in [-0.2, 0) is 0 Å². The molecule has 9 aromatic carbocycles. The van der Waals surface area contributed by atoms with E-state index in [1.165, 1.54) is 106 Å². The van der Waals surface area contributed by atoms with E-state index in [-0.39, 0.29) is 6.85 Å². The van der Waals surface area contributed by atoms with Gasteiger partial charge in [-0.25, -0.2) is 0 Å².